The van der Waals surface area contributed by atoms with Crippen LogP contribution in [0.1, 0.15) is 11.7 Å². The molecule has 0 heterocycles. The van der Waals surface area contributed by atoms with E-state index in [1.54, 1.807) is 30.3 Å². The van der Waals surface area contributed by atoms with Gasteiger partial charge in [0.15, 0.2) is 0 Å². The Labute approximate surface area is 155 Å². The van der Waals surface area contributed by atoms with Crippen molar-refractivity contribution < 1.29 is 14.7 Å². The van der Waals surface area contributed by atoms with Crippen LogP contribution in [0.15, 0.2) is 66.7 Å². The van der Waals surface area contributed by atoms with Crippen LogP contribution in [0.2, 0.25) is 5.02 Å². The second kappa shape index (κ2) is 7.99. The van der Waals surface area contributed by atoms with Crippen molar-refractivity contribution in [2.45, 2.75) is 6.10 Å². The molecule has 0 aliphatic carbocycles. The SMILES string of the molecule is O=C(NCC(O)c1cccc2ccccc12)C(=O)Nc1ccccc1Cl. The van der Waals surface area contributed by atoms with E-state index in [2.05, 4.69) is 10.6 Å². The second-order valence-corrected chi connectivity index (χ2v) is 6.14. The van der Waals surface area contributed by atoms with Crippen molar-refractivity contribution in [1.29, 1.82) is 0 Å². The first-order valence-corrected chi connectivity index (χ1v) is 8.43. The zero-order valence-electron chi connectivity index (χ0n) is 13.8. The molecule has 0 aliphatic rings. The van der Waals surface area contributed by atoms with Crippen LogP contribution < -0.4 is 10.6 Å². The smallest absolute Gasteiger partial charge is 0.313 e. The maximum Gasteiger partial charge on any atom is 0.313 e. The number of para-hydroxylation sites is 1. The van der Waals surface area contributed by atoms with Crippen LogP contribution in [0, 0.1) is 0 Å². The molecule has 0 radical (unpaired) electrons. The number of anilines is 1. The number of carbonyl (C=O) groups excluding carboxylic acids is 2. The maximum atomic E-state index is 12.0. The van der Waals surface area contributed by atoms with Crippen LogP contribution in [0.5, 0.6) is 0 Å². The van der Waals surface area contributed by atoms with E-state index in [1.165, 1.54) is 0 Å². The molecule has 0 aliphatic heterocycles. The van der Waals surface area contributed by atoms with Gasteiger partial charge in [0.25, 0.3) is 0 Å². The van der Waals surface area contributed by atoms with E-state index in [0.717, 1.165) is 10.8 Å². The predicted molar refractivity (Wildman–Crippen MR) is 102 cm³/mol. The van der Waals surface area contributed by atoms with Crippen LogP contribution >= 0.6 is 11.6 Å². The first kappa shape index (κ1) is 17.9. The molecule has 132 valence electrons. The summed E-state index contributed by atoms with van der Waals surface area (Å²) < 4.78 is 0. The quantitative estimate of drug-likeness (QED) is 0.618. The molecule has 2 amide bonds. The summed E-state index contributed by atoms with van der Waals surface area (Å²) in [5.41, 5.74) is 1.04. The number of amides is 2. The molecule has 3 N–H and O–H groups in total. The third-order valence-corrected chi connectivity index (χ3v) is 4.30. The van der Waals surface area contributed by atoms with Crippen LogP contribution in [-0.4, -0.2) is 23.5 Å². The number of nitrogens with one attached hydrogen (secondary N) is 2. The van der Waals surface area contributed by atoms with E-state index in [0.29, 0.717) is 16.3 Å². The Morgan fingerprint density at radius 1 is 0.923 bits per heavy atom. The van der Waals surface area contributed by atoms with Gasteiger partial charge in [-0.25, -0.2) is 0 Å². The standard InChI is InChI=1S/C20H17ClN2O3/c21-16-10-3-4-11-17(16)23-20(26)19(25)22-12-18(24)15-9-5-7-13-6-1-2-8-14(13)15/h1-11,18,24H,12H2,(H,22,25)(H,23,26). The topological polar surface area (TPSA) is 78.4 Å². The van der Waals surface area contributed by atoms with Crippen molar-refractivity contribution >= 4 is 39.9 Å². The second-order valence-electron chi connectivity index (χ2n) is 5.73. The summed E-state index contributed by atoms with van der Waals surface area (Å²) in [5.74, 6) is -1.69. The molecule has 3 aromatic rings. The summed E-state index contributed by atoms with van der Waals surface area (Å²) >= 11 is 5.95. The molecule has 0 spiro atoms. The number of rotatable bonds is 4. The minimum atomic E-state index is -0.932. The summed E-state index contributed by atoms with van der Waals surface area (Å²) in [6.45, 7) is -0.0806. The van der Waals surface area contributed by atoms with Gasteiger partial charge in [-0.2, -0.15) is 0 Å². The predicted octanol–water partition coefficient (Wildman–Crippen LogP) is 3.28. The largest absolute Gasteiger partial charge is 0.387 e. The van der Waals surface area contributed by atoms with E-state index in [1.807, 2.05) is 36.4 Å². The lowest BCUT2D eigenvalue weighted by Crippen LogP contribution is -2.37. The van der Waals surface area contributed by atoms with E-state index in [9.17, 15) is 14.7 Å². The van der Waals surface area contributed by atoms with Gasteiger partial charge in [-0.15, -0.1) is 0 Å². The number of aliphatic hydroxyl groups is 1. The molecular formula is C20H17ClN2O3. The van der Waals surface area contributed by atoms with Crippen molar-refractivity contribution in [3.63, 3.8) is 0 Å². The Bertz CT molecular complexity index is 953. The lowest BCUT2D eigenvalue weighted by Gasteiger charge is -2.15. The highest BCUT2D eigenvalue weighted by Gasteiger charge is 2.17. The lowest BCUT2D eigenvalue weighted by atomic mass is 10.0. The van der Waals surface area contributed by atoms with Crippen molar-refractivity contribution in [2.24, 2.45) is 0 Å². The van der Waals surface area contributed by atoms with Gasteiger partial charge in [0, 0.05) is 6.54 Å². The molecule has 3 rings (SSSR count). The summed E-state index contributed by atoms with van der Waals surface area (Å²) in [6.07, 6.45) is -0.932. The van der Waals surface area contributed by atoms with Gasteiger partial charge < -0.3 is 15.7 Å². The van der Waals surface area contributed by atoms with Crippen LogP contribution in [-0.2, 0) is 9.59 Å². The zero-order valence-corrected chi connectivity index (χ0v) is 14.5. The average Bonchev–Trinajstić information content (AvgIpc) is 2.67. The summed E-state index contributed by atoms with van der Waals surface area (Å²) in [5, 5.41) is 17.5. The molecule has 0 aromatic heterocycles. The molecule has 0 fully saturated rings. The Hall–Kier alpha value is -2.89. The monoisotopic (exact) mass is 368 g/mol. The summed E-state index contributed by atoms with van der Waals surface area (Å²) in [4.78, 5) is 23.9. The number of fused-ring (bicyclic) bond motifs is 1. The minimum Gasteiger partial charge on any atom is -0.387 e. The van der Waals surface area contributed by atoms with Gasteiger partial charge in [0.2, 0.25) is 0 Å². The van der Waals surface area contributed by atoms with E-state index in [4.69, 9.17) is 11.6 Å². The van der Waals surface area contributed by atoms with Gasteiger partial charge >= 0.3 is 11.8 Å². The van der Waals surface area contributed by atoms with Gasteiger partial charge in [-0.05, 0) is 28.5 Å². The van der Waals surface area contributed by atoms with E-state index < -0.39 is 17.9 Å². The first-order chi connectivity index (χ1) is 12.6. The third-order valence-electron chi connectivity index (χ3n) is 3.97. The van der Waals surface area contributed by atoms with Crippen molar-refractivity contribution in [3.05, 3.63) is 77.3 Å². The van der Waals surface area contributed by atoms with Gasteiger partial charge in [0.1, 0.15) is 0 Å². The van der Waals surface area contributed by atoms with Crippen LogP contribution in [0.25, 0.3) is 10.8 Å². The molecule has 0 bridgehead atoms. The van der Waals surface area contributed by atoms with Crippen LogP contribution in [0.3, 0.4) is 0 Å². The number of hydrogen-bond donors (Lipinski definition) is 3. The highest BCUT2D eigenvalue weighted by Crippen LogP contribution is 2.24. The zero-order chi connectivity index (χ0) is 18.5. The Morgan fingerprint density at radius 3 is 2.42 bits per heavy atom. The molecule has 5 nitrogen and oxygen atoms in total. The number of benzene rings is 3. The van der Waals surface area contributed by atoms with Crippen LogP contribution in [0.4, 0.5) is 5.69 Å². The molecule has 3 aromatic carbocycles. The normalized spacial score (nSPS) is 11.8. The molecule has 1 unspecified atom stereocenters. The molecule has 0 saturated heterocycles. The molecule has 26 heavy (non-hydrogen) atoms. The Kier molecular flexibility index (Phi) is 5.51. The Balaban J connectivity index is 1.63. The first-order valence-electron chi connectivity index (χ1n) is 8.05. The maximum absolute atomic E-state index is 12.0. The summed E-state index contributed by atoms with van der Waals surface area (Å²) in [6, 6.07) is 19.9. The van der Waals surface area contributed by atoms with Gasteiger partial charge in [-0.3, -0.25) is 9.59 Å². The molecule has 6 heteroatoms. The van der Waals surface area contributed by atoms with E-state index in [-0.39, 0.29) is 6.54 Å². The number of hydrogen-bond acceptors (Lipinski definition) is 3. The minimum absolute atomic E-state index is 0.0806. The van der Waals surface area contributed by atoms with Crippen molar-refractivity contribution in [1.82, 2.24) is 5.32 Å². The number of halogens is 1. The molecule has 1 atom stereocenters. The van der Waals surface area contributed by atoms with Crippen molar-refractivity contribution in [2.75, 3.05) is 11.9 Å². The van der Waals surface area contributed by atoms with E-state index >= 15 is 0 Å². The summed E-state index contributed by atoms with van der Waals surface area (Å²) in [7, 11) is 0. The fourth-order valence-corrected chi connectivity index (χ4v) is 2.85. The average molecular weight is 369 g/mol. The number of aliphatic hydroxyl groups excluding tert-OH is 1. The fourth-order valence-electron chi connectivity index (χ4n) is 2.66. The van der Waals surface area contributed by atoms with Crippen molar-refractivity contribution in [3.8, 4) is 0 Å². The fraction of sp³-hybridized carbons (Fsp3) is 0.100. The molecule has 0 saturated carbocycles. The number of carbonyl (C=O) groups is 2. The van der Waals surface area contributed by atoms with Gasteiger partial charge in [-0.1, -0.05) is 66.2 Å². The van der Waals surface area contributed by atoms with Gasteiger partial charge in [0.05, 0.1) is 16.8 Å². The third kappa shape index (κ3) is 4.02. The Morgan fingerprint density at radius 2 is 1.62 bits per heavy atom. The lowest BCUT2D eigenvalue weighted by molar-refractivity contribution is -0.136. The highest BCUT2D eigenvalue weighted by atomic mass is 35.5. The highest BCUT2D eigenvalue weighted by molar-refractivity contribution is 6.41. The molecular weight excluding hydrogens is 352 g/mol.